The molecule has 3 aromatic rings. The molecule has 1 aromatic carbocycles. The van der Waals surface area contributed by atoms with E-state index in [1.165, 1.54) is 18.5 Å². The molecule has 0 aliphatic heterocycles. The van der Waals surface area contributed by atoms with E-state index in [0.29, 0.717) is 22.6 Å². The van der Waals surface area contributed by atoms with Crippen LogP contribution in [0.2, 0.25) is 0 Å². The van der Waals surface area contributed by atoms with Gasteiger partial charge in [0.1, 0.15) is 5.82 Å². The van der Waals surface area contributed by atoms with Gasteiger partial charge in [0.05, 0.1) is 17.6 Å². The number of halogens is 1. The van der Waals surface area contributed by atoms with E-state index in [1.54, 1.807) is 18.3 Å². The molecule has 0 spiro atoms. The quantitative estimate of drug-likeness (QED) is 0.572. The average Bonchev–Trinajstić information content (AvgIpc) is 2.56. The predicted molar refractivity (Wildman–Crippen MR) is 85.2 cm³/mol. The lowest BCUT2D eigenvalue weighted by Gasteiger charge is -2.10. The van der Waals surface area contributed by atoms with Crippen molar-refractivity contribution >= 4 is 11.9 Å². The van der Waals surface area contributed by atoms with Crippen LogP contribution in [0.3, 0.4) is 0 Å². The lowest BCUT2D eigenvalue weighted by molar-refractivity contribution is 0.622. The van der Waals surface area contributed by atoms with Crippen LogP contribution in [0.25, 0.3) is 22.5 Å². The number of rotatable bonds is 3. The molecule has 0 aliphatic rings. The summed E-state index contributed by atoms with van der Waals surface area (Å²) in [7, 11) is 0. The van der Waals surface area contributed by atoms with E-state index >= 15 is 0 Å². The number of nitrogens with two attached hydrogens (primary N) is 1. The summed E-state index contributed by atoms with van der Waals surface area (Å²) < 4.78 is 13.0. The van der Waals surface area contributed by atoms with Crippen LogP contribution in [0.5, 0.6) is 0 Å². The van der Waals surface area contributed by atoms with Crippen molar-refractivity contribution in [2.24, 2.45) is 0 Å². The van der Waals surface area contributed by atoms with Gasteiger partial charge in [-0.05, 0) is 35.9 Å². The third kappa shape index (κ3) is 2.56. The number of nitrogens with one attached hydrogen (secondary N) is 1. The Labute approximate surface area is 127 Å². The fourth-order valence-corrected chi connectivity index (χ4v) is 2.23. The number of benzene rings is 1. The minimum atomic E-state index is -0.389. The molecular formula is C17H13FN4. The van der Waals surface area contributed by atoms with Gasteiger partial charge in [0.2, 0.25) is 0 Å². The number of aromatic nitrogens is 2. The summed E-state index contributed by atoms with van der Waals surface area (Å²) in [5.74, 6) is -0.389. The maximum Gasteiger partial charge on any atom is 0.141 e. The van der Waals surface area contributed by atoms with Crippen LogP contribution in [0.15, 0.2) is 54.9 Å². The van der Waals surface area contributed by atoms with E-state index in [-0.39, 0.29) is 5.82 Å². The standard InChI is InChI=1S/C17H13FN4/c18-13-4-6-16(22-10-13)17-14(2-1-7-21-17)11-3-5-15(20)12(8-11)9-19/h1-10,19H,20H2. The summed E-state index contributed by atoms with van der Waals surface area (Å²) >= 11 is 0. The molecule has 0 atom stereocenters. The zero-order valence-corrected chi connectivity index (χ0v) is 11.6. The van der Waals surface area contributed by atoms with Crippen molar-refractivity contribution in [2.45, 2.75) is 0 Å². The van der Waals surface area contributed by atoms with Crippen LogP contribution in [-0.2, 0) is 0 Å². The summed E-state index contributed by atoms with van der Waals surface area (Å²) in [4.78, 5) is 8.45. The number of hydrogen-bond acceptors (Lipinski definition) is 4. The van der Waals surface area contributed by atoms with Crippen molar-refractivity contribution in [1.82, 2.24) is 9.97 Å². The summed E-state index contributed by atoms with van der Waals surface area (Å²) in [5.41, 5.74) is 9.98. The number of nitrogen functional groups attached to an aromatic ring is 1. The second-order valence-corrected chi connectivity index (χ2v) is 4.75. The molecule has 2 aromatic heterocycles. The maximum absolute atomic E-state index is 13.0. The minimum absolute atomic E-state index is 0.389. The molecular weight excluding hydrogens is 279 g/mol. The molecule has 4 nitrogen and oxygen atoms in total. The largest absolute Gasteiger partial charge is 0.398 e. The van der Waals surface area contributed by atoms with Gasteiger partial charge in [-0.15, -0.1) is 0 Å². The Morgan fingerprint density at radius 2 is 1.95 bits per heavy atom. The first-order chi connectivity index (χ1) is 10.7. The lowest BCUT2D eigenvalue weighted by atomic mass is 9.99. The van der Waals surface area contributed by atoms with Crippen LogP contribution in [0, 0.1) is 11.2 Å². The van der Waals surface area contributed by atoms with Crippen LogP contribution in [0.4, 0.5) is 10.1 Å². The highest BCUT2D eigenvalue weighted by Gasteiger charge is 2.11. The molecule has 3 rings (SSSR count). The lowest BCUT2D eigenvalue weighted by Crippen LogP contribution is -1.95. The summed E-state index contributed by atoms with van der Waals surface area (Å²) in [6.07, 6.45) is 4.05. The number of hydrogen-bond donors (Lipinski definition) is 2. The van der Waals surface area contributed by atoms with E-state index in [2.05, 4.69) is 9.97 Å². The van der Waals surface area contributed by atoms with Gasteiger partial charge in [-0.3, -0.25) is 9.97 Å². The zero-order valence-electron chi connectivity index (χ0n) is 11.6. The Morgan fingerprint density at radius 1 is 1.09 bits per heavy atom. The summed E-state index contributed by atoms with van der Waals surface area (Å²) in [5, 5.41) is 7.41. The van der Waals surface area contributed by atoms with Crippen LogP contribution in [0.1, 0.15) is 5.56 Å². The Balaban J connectivity index is 2.16. The molecule has 3 N–H and O–H groups in total. The first-order valence-electron chi connectivity index (χ1n) is 6.66. The fraction of sp³-hybridized carbons (Fsp3) is 0. The molecule has 0 amide bonds. The van der Waals surface area contributed by atoms with Gasteiger partial charge in [0.25, 0.3) is 0 Å². The highest BCUT2D eigenvalue weighted by atomic mass is 19.1. The number of anilines is 1. The molecule has 0 unspecified atom stereocenters. The van der Waals surface area contributed by atoms with E-state index in [9.17, 15) is 4.39 Å². The van der Waals surface area contributed by atoms with E-state index in [1.807, 2.05) is 24.3 Å². The highest BCUT2D eigenvalue weighted by molar-refractivity contribution is 5.89. The maximum atomic E-state index is 13.0. The normalized spacial score (nSPS) is 10.4. The zero-order chi connectivity index (χ0) is 15.5. The summed E-state index contributed by atoms with van der Waals surface area (Å²) in [6.45, 7) is 0. The van der Waals surface area contributed by atoms with Gasteiger partial charge in [0.15, 0.2) is 0 Å². The van der Waals surface area contributed by atoms with Gasteiger partial charge in [0, 0.05) is 29.2 Å². The molecule has 2 heterocycles. The monoisotopic (exact) mass is 292 g/mol. The van der Waals surface area contributed by atoms with Crippen LogP contribution >= 0.6 is 0 Å². The summed E-state index contributed by atoms with van der Waals surface area (Å²) in [6, 6.07) is 12.1. The Kier molecular flexibility index (Phi) is 3.62. The molecule has 0 radical (unpaired) electrons. The topological polar surface area (TPSA) is 75.7 Å². The molecule has 0 fully saturated rings. The van der Waals surface area contributed by atoms with Crippen molar-refractivity contribution in [3.8, 4) is 22.5 Å². The van der Waals surface area contributed by atoms with Gasteiger partial charge in [-0.1, -0.05) is 12.1 Å². The first-order valence-corrected chi connectivity index (χ1v) is 6.66. The third-order valence-electron chi connectivity index (χ3n) is 3.33. The Hall–Kier alpha value is -3.08. The Bertz CT molecular complexity index is 828. The highest BCUT2D eigenvalue weighted by Crippen LogP contribution is 2.30. The second-order valence-electron chi connectivity index (χ2n) is 4.75. The molecule has 22 heavy (non-hydrogen) atoms. The van der Waals surface area contributed by atoms with Crippen molar-refractivity contribution in [3.63, 3.8) is 0 Å². The van der Waals surface area contributed by atoms with Crippen molar-refractivity contribution < 1.29 is 4.39 Å². The molecule has 0 saturated heterocycles. The van der Waals surface area contributed by atoms with Gasteiger partial charge < -0.3 is 11.1 Å². The SMILES string of the molecule is N=Cc1cc(-c2cccnc2-c2ccc(F)cn2)ccc1N. The van der Waals surface area contributed by atoms with E-state index in [4.69, 9.17) is 11.1 Å². The van der Waals surface area contributed by atoms with E-state index < -0.39 is 0 Å². The molecule has 0 bridgehead atoms. The smallest absolute Gasteiger partial charge is 0.141 e. The van der Waals surface area contributed by atoms with Gasteiger partial charge in [-0.25, -0.2) is 4.39 Å². The molecule has 0 aliphatic carbocycles. The number of pyridine rings is 2. The minimum Gasteiger partial charge on any atom is -0.398 e. The van der Waals surface area contributed by atoms with Gasteiger partial charge in [-0.2, -0.15) is 0 Å². The molecule has 0 saturated carbocycles. The predicted octanol–water partition coefficient (Wildman–Crippen LogP) is 3.53. The van der Waals surface area contributed by atoms with Gasteiger partial charge >= 0.3 is 0 Å². The molecule has 108 valence electrons. The first kappa shape index (κ1) is 13.9. The average molecular weight is 292 g/mol. The Morgan fingerprint density at radius 3 is 2.68 bits per heavy atom. The van der Waals surface area contributed by atoms with Crippen molar-refractivity contribution in [1.29, 1.82) is 5.41 Å². The number of nitrogens with zero attached hydrogens (tertiary/aromatic N) is 2. The van der Waals surface area contributed by atoms with Crippen molar-refractivity contribution in [3.05, 3.63) is 66.2 Å². The van der Waals surface area contributed by atoms with E-state index in [0.717, 1.165) is 11.1 Å². The fourth-order valence-electron chi connectivity index (χ4n) is 2.23. The third-order valence-corrected chi connectivity index (χ3v) is 3.33. The molecule has 5 heteroatoms. The van der Waals surface area contributed by atoms with Crippen molar-refractivity contribution in [2.75, 3.05) is 5.73 Å². The van der Waals surface area contributed by atoms with Crippen LogP contribution in [-0.4, -0.2) is 16.2 Å². The van der Waals surface area contributed by atoms with Crippen LogP contribution < -0.4 is 5.73 Å². The second kappa shape index (κ2) is 5.73.